The maximum absolute atomic E-state index is 12.0. The number of amides is 1. The van der Waals surface area contributed by atoms with Crippen LogP contribution in [0.4, 0.5) is 4.79 Å². The van der Waals surface area contributed by atoms with Gasteiger partial charge in [-0.1, -0.05) is 6.92 Å². The van der Waals surface area contributed by atoms with Gasteiger partial charge in [-0.15, -0.1) is 0 Å². The Bertz CT molecular complexity index is 321. The molecule has 1 aliphatic rings. The van der Waals surface area contributed by atoms with Crippen LogP contribution in [0.1, 0.15) is 41.0 Å². The number of likely N-dealkylation sites (tertiary alicyclic amines) is 1. The smallest absolute Gasteiger partial charge is 0.411 e. The predicted octanol–water partition coefficient (Wildman–Crippen LogP) is 2.10. The lowest BCUT2D eigenvalue weighted by atomic mass is 10.0. The van der Waals surface area contributed by atoms with Gasteiger partial charge in [0.2, 0.25) is 0 Å². The predicted molar refractivity (Wildman–Crippen MR) is 62.7 cm³/mol. The van der Waals surface area contributed by atoms with Crippen LogP contribution in [0.3, 0.4) is 0 Å². The molecule has 17 heavy (non-hydrogen) atoms. The molecule has 1 saturated heterocycles. The Hall–Kier alpha value is -1.26. The van der Waals surface area contributed by atoms with E-state index in [0.717, 1.165) is 0 Å². The number of ether oxygens (including phenoxy) is 1. The lowest BCUT2D eigenvalue weighted by Crippen LogP contribution is -2.46. The van der Waals surface area contributed by atoms with Crippen LogP contribution in [0, 0.1) is 5.92 Å². The molecule has 0 aliphatic carbocycles. The lowest BCUT2D eigenvalue weighted by molar-refractivity contribution is -0.142. The van der Waals surface area contributed by atoms with Gasteiger partial charge in [-0.05, 0) is 40.0 Å². The average Bonchev–Trinajstić information content (AvgIpc) is 2.40. The van der Waals surface area contributed by atoms with Gasteiger partial charge in [0.1, 0.15) is 11.6 Å². The van der Waals surface area contributed by atoms with E-state index >= 15 is 0 Å². The van der Waals surface area contributed by atoms with E-state index in [9.17, 15) is 9.59 Å². The minimum atomic E-state index is -0.966. The molecule has 5 nitrogen and oxygen atoms in total. The van der Waals surface area contributed by atoms with Crippen molar-refractivity contribution >= 4 is 12.1 Å². The second kappa shape index (κ2) is 4.55. The largest absolute Gasteiger partial charge is 0.480 e. The second-order valence-corrected chi connectivity index (χ2v) is 5.70. The standard InChI is InChI=1S/C12H21NO4/c1-7-6-9(10(14)15)13(8(7)2)11(16)17-12(3,4)5/h7-9H,6H2,1-5H3,(H,14,15)/t7-,8-,9+/m1/s1. The molecule has 0 aromatic rings. The third kappa shape index (κ3) is 3.11. The van der Waals surface area contributed by atoms with E-state index in [0.29, 0.717) is 6.42 Å². The zero-order valence-electron chi connectivity index (χ0n) is 11.1. The minimum Gasteiger partial charge on any atom is -0.480 e. The van der Waals surface area contributed by atoms with E-state index in [2.05, 4.69) is 0 Å². The Morgan fingerprint density at radius 1 is 1.29 bits per heavy atom. The molecule has 1 amide bonds. The first kappa shape index (κ1) is 13.8. The Morgan fingerprint density at radius 3 is 2.24 bits per heavy atom. The minimum absolute atomic E-state index is 0.106. The van der Waals surface area contributed by atoms with Crippen LogP contribution < -0.4 is 0 Å². The summed E-state index contributed by atoms with van der Waals surface area (Å²) in [6, 6.07) is -0.874. The third-order valence-electron chi connectivity index (χ3n) is 3.08. The van der Waals surface area contributed by atoms with Crippen molar-refractivity contribution in [2.24, 2.45) is 5.92 Å². The summed E-state index contributed by atoms with van der Waals surface area (Å²) in [5.74, 6) is -0.796. The highest BCUT2D eigenvalue weighted by Crippen LogP contribution is 2.31. The quantitative estimate of drug-likeness (QED) is 0.766. The molecule has 1 heterocycles. The number of rotatable bonds is 1. The highest BCUT2D eigenvalue weighted by molar-refractivity contribution is 5.81. The summed E-state index contributed by atoms with van der Waals surface area (Å²) in [6.07, 6.45) is -0.0582. The van der Waals surface area contributed by atoms with Gasteiger partial charge in [-0.25, -0.2) is 9.59 Å². The first-order valence-electron chi connectivity index (χ1n) is 5.87. The summed E-state index contributed by atoms with van der Waals surface area (Å²) in [7, 11) is 0. The summed E-state index contributed by atoms with van der Waals surface area (Å²) < 4.78 is 5.24. The van der Waals surface area contributed by atoms with E-state index in [1.807, 2.05) is 13.8 Å². The van der Waals surface area contributed by atoms with Gasteiger partial charge < -0.3 is 9.84 Å². The molecule has 0 spiro atoms. The zero-order chi connectivity index (χ0) is 13.4. The van der Waals surface area contributed by atoms with Crippen molar-refractivity contribution in [3.8, 4) is 0 Å². The molecular weight excluding hydrogens is 222 g/mol. The van der Waals surface area contributed by atoms with Crippen LogP contribution in [-0.4, -0.2) is 39.8 Å². The molecule has 3 atom stereocenters. The van der Waals surface area contributed by atoms with Crippen molar-refractivity contribution < 1.29 is 19.4 Å². The maximum Gasteiger partial charge on any atom is 0.411 e. The Morgan fingerprint density at radius 2 is 1.82 bits per heavy atom. The first-order chi connectivity index (χ1) is 7.63. The van der Waals surface area contributed by atoms with E-state index in [1.54, 1.807) is 20.8 Å². The van der Waals surface area contributed by atoms with E-state index in [-0.39, 0.29) is 12.0 Å². The Kier molecular flexibility index (Phi) is 3.69. The topological polar surface area (TPSA) is 66.8 Å². The Labute approximate surface area is 102 Å². The molecule has 0 aromatic heterocycles. The van der Waals surface area contributed by atoms with Gasteiger partial charge in [0.05, 0.1) is 0 Å². The summed E-state index contributed by atoms with van der Waals surface area (Å²) in [5.41, 5.74) is -0.605. The molecule has 1 aliphatic heterocycles. The van der Waals surface area contributed by atoms with Crippen molar-refractivity contribution in [3.63, 3.8) is 0 Å². The molecule has 0 aromatic carbocycles. The molecule has 0 saturated carbocycles. The maximum atomic E-state index is 12.0. The highest BCUT2D eigenvalue weighted by Gasteiger charge is 2.44. The lowest BCUT2D eigenvalue weighted by Gasteiger charge is -2.30. The number of carbonyl (C=O) groups is 2. The van der Waals surface area contributed by atoms with Gasteiger partial charge >= 0.3 is 12.1 Å². The van der Waals surface area contributed by atoms with Crippen molar-refractivity contribution in [1.29, 1.82) is 0 Å². The van der Waals surface area contributed by atoms with Crippen LogP contribution in [0.5, 0.6) is 0 Å². The molecule has 98 valence electrons. The highest BCUT2D eigenvalue weighted by atomic mass is 16.6. The number of nitrogens with zero attached hydrogens (tertiary/aromatic N) is 1. The number of hydrogen-bond donors (Lipinski definition) is 1. The fourth-order valence-electron chi connectivity index (χ4n) is 2.05. The van der Waals surface area contributed by atoms with E-state index < -0.39 is 23.7 Å². The van der Waals surface area contributed by atoms with E-state index in [1.165, 1.54) is 4.90 Å². The molecule has 1 fully saturated rings. The van der Waals surface area contributed by atoms with Crippen molar-refractivity contribution in [2.45, 2.75) is 58.7 Å². The van der Waals surface area contributed by atoms with E-state index in [4.69, 9.17) is 9.84 Å². The van der Waals surface area contributed by atoms with Crippen LogP contribution >= 0.6 is 0 Å². The number of hydrogen-bond acceptors (Lipinski definition) is 3. The zero-order valence-corrected chi connectivity index (χ0v) is 11.1. The SMILES string of the molecule is C[C@@H]1C[C@@H](C(=O)O)N(C(=O)OC(C)(C)C)[C@@H]1C. The summed E-state index contributed by atoms with van der Waals surface area (Å²) >= 11 is 0. The fraction of sp³-hybridized carbons (Fsp3) is 0.833. The van der Waals surface area contributed by atoms with Gasteiger partial charge in [0.25, 0.3) is 0 Å². The van der Waals surface area contributed by atoms with Gasteiger partial charge in [-0.2, -0.15) is 0 Å². The normalized spacial score (nSPS) is 29.2. The van der Waals surface area contributed by atoms with Gasteiger partial charge in [0, 0.05) is 6.04 Å². The Balaban J connectivity index is 2.85. The fourth-order valence-corrected chi connectivity index (χ4v) is 2.05. The molecule has 1 rings (SSSR count). The van der Waals surface area contributed by atoms with Crippen molar-refractivity contribution in [2.75, 3.05) is 0 Å². The molecule has 0 unspecified atom stereocenters. The van der Waals surface area contributed by atoms with Gasteiger partial charge in [-0.3, -0.25) is 4.90 Å². The van der Waals surface area contributed by atoms with Crippen molar-refractivity contribution in [3.05, 3.63) is 0 Å². The molecule has 0 bridgehead atoms. The number of aliphatic carboxylic acids is 1. The van der Waals surface area contributed by atoms with Crippen LogP contribution in [-0.2, 0) is 9.53 Å². The van der Waals surface area contributed by atoms with Crippen LogP contribution in [0.25, 0.3) is 0 Å². The molecule has 0 radical (unpaired) electrons. The monoisotopic (exact) mass is 243 g/mol. The number of carboxylic acid groups (broad SMARTS) is 1. The number of carboxylic acids is 1. The third-order valence-corrected chi connectivity index (χ3v) is 3.08. The first-order valence-corrected chi connectivity index (χ1v) is 5.87. The number of carbonyl (C=O) groups excluding carboxylic acids is 1. The summed E-state index contributed by atoms with van der Waals surface area (Å²) in [5, 5.41) is 9.12. The van der Waals surface area contributed by atoms with Crippen molar-refractivity contribution in [1.82, 2.24) is 4.90 Å². The van der Waals surface area contributed by atoms with Crippen LogP contribution in [0.15, 0.2) is 0 Å². The summed E-state index contributed by atoms with van der Waals surface area (Å²) in [4.78, 5) is 24.4. The van der Waals surface area contributed by atoms with Gasteiger partial charge in [0.15, 0.2) is 0 Å². The molecule has 5 heteroatoms. The molecule has 1 N–H and O–H groups in total. The summed E-state index contributed by atoms with van der Waals surface area (Å²) in [6.45, 7) is 9.11. The second-order valence-electron chi connectivity index (χ2n) is 5.70. The average molecular weight is 243 g/mol. The molecular formula is C12H21NO4. The van der Waals surface area contributed by atoms with Crippen LogP contribution in [0.2, 0.25) is 0 Å².